The van der Waals surface area contributed by atoms with Gasteiger partial charge in [0.15, 0.2) is 0 Å². The minimum Gasteiger partial charge on any atom is -0.339 e. The summed E-state index contributed by atoms with van der Waals surface area (Å²) < 4.78 is 3.21. The van der Waals surface area contributed by atoms with E-state index in [0.717, 1.165) is 18.4 Å². The minimum atomic E-state index is -0.284. The molecule has 0 radical (unpaired) electrons. The van der Waals surface area contributed by atoms with E-state index in [2.05, 4.69) is 6.92 Å². The predicted molar refractivity (Wildman–Crippen MR) is 127 cm³/mol. The van der Waals surface area contributed by atoms with Crippen LogP contribution in [0.2, 0.25) is 0 Å². The molecule has 7 heteroatoms. The van der Waals surface area contributed by atoms with Crippen molar-refractivity contribution in [2.45, 2.75) is 32.7 Å². The van der Waals surface area contributed by atoms with Gasteiger partial charge >= 0.3 is 0 Å². The molecule has 168 valence electrons. The molecule has 3 aromatic heterocycles. The van der Waals surface area contributed by atoms with E-state index in [1.807, 2.05) is 48.2 Å². The SMILES string of the molecule is CC1CCN(C(=O)c2cc3c(=O)n4ccccc4nc3n(C(C)c3ccccc3)c2=N)CC1. The molecule has 1 unspecified atom stereocenters. The lowest BCUT2D eigenvalue weighted by Gasteiger charge is -2.31. The van der Waals surface area contributed by atoms with Crippen molar-refractivity contribution < 1.29 is 4.79 Å². The average molecular weight is 442 g/mol. The van der Waals surface area contributed by atoms with Crippen LogP contribution in [0.4, 0.5) is 0 Å². The standard InChI is InChI=1S/C26H27N5O2/c1-17-11-14-29(15-12-17)25(32)20-16-21-24(28-22-10-6-7-13-30(22)26(21)33)31(23(20)27)18(2)19-8-4-3-5-9-19/h3-10,13,16-18,27H,11-12,14-15H2,1-2H3. The number of aromatic nitrogens is 3. The van der Waals surface area contributed by atoms with Crippen molar-refractivity contribution in [3.63, 3.8) is 0 Å². The van der Waals surface area contributed by atoms with Gasteiger partial charge in [-0.05, 0) is 49.4 Å². The zero-order chi connectivity index (χ0) is 23.1. The van der Waals surface area contributed by atoms with Crippen molar-refractivity contribution in [2.75, 3.05) is 13.1 Å². The molecular weight excluding hydrogens is 414 g/mol. The smallest absolute Gasteiger partial charge is 0.267 e. The van der Waals surface area contributed by atoms with Crippen LogP contribution >= 0.6 is 0 Å². The first-order chi connectivity index (χ1) is 16.0. The molecule has 0 saturated carbocycles. The highest BCUT2D eigenvalue weighted by atomic mass is 16.2. The maximum absolute atomic E-state index is 13.5. The summed E-state index contributed by atoms with van der Waals surface area (Å²) in [5.41, 5.74) is 1.97. The fourth-order valence-electron chi connectivity index (χ4n) is 4.65. The van der Waals surface area contributed by atoms with Gasteiger partial charge in [-0.1, -0.05) is 43.3 Å². The predicted octanol–water partition coefficient (Wildman–Crippen LogP) is 3.61. The van der Waals surface area contributed by atoms with Crippen LogP contribution in [0.3, 0.4) is 0 Å². The third-order valence-corrected chi connectivity index (χ3v) is 6.73. The molecule has 1 N–H and O–H groups in total. The molecule has 5 rings (SSSR count). The van der Waals surface area contributed by atoms with Gasteiger partial charge in [-0.3, -0.25) is 19.4 Å². The Morgan fingerprint density at radius 2 is 1.79 bits per heavy atom. The summed E-state index contributed by atoms with van der Waals surface area (Å²) in [6, 6.07) is 16.5. The Labute approximate surface area is 191 Å². The molecule has 1 fully saturated rings. The molecule has 0 bridgehead atoms. The van der Waals surface area contributed by atoms with Crippen molar-refractivity contribution in [3.8, 4) is 0 Å². The van der Waals surface area contributed by atoms with Crippen LogP contribution < -0.4 is 11.0 Å². The molecule has 1 aliphatic rings. The number of hydrogen-bond acceptors (Lipinski definition) is 4. The highest BCUT2D eigenvalue weighted by Crippen LogP contribution is 2.22. The Bertz CT molecular complexity index is 1460. The van der Waals surface area contributed by atoms with E-state index in [4.69, 9.17) is 10.4 Å². The zero-order valence-electron chi connectivity index (χ0n) is 18.9. The summed E-state index contributed by atoms with van der Waals surface area (Å²) >= 11 is 0. The molecule has 7 nitrogen and oxygen atoms in total. The Morgan fingerprint density at radius 1 is 1.09 bits per heavy atom. The molecule has 4 heterocycles. The molecule has 33 heavy (non-hydrogen) atoms. The number of likely N-dealkylation sites (tertiary alicyclic amines) is 1. The van der Waals surface area contributed by atoms with Gasteiger partial charge in [0.1, 0.15) is 16.8 Å². The van der Waals surface area contributed by atoms with Gasteiger partial charge in [-0.15, -0.1) is 0 Å². The van der Waals surface area contributed by atoms with Crippen molar-refractivity contribution in [1.82, 2.24) is 18.9 Å². The van der Waals surface area contributed by atoms with Crippen LogP contribution in [0.15, 0.2) is 65.6 Å². The minimum absolute atomic E-state index is 0.0784. The van der Waals surface area contributed by atoms with Crippen molar-refractivity contribution in [3.05, 3.63) is 87.8 Å². The number of carbonyl (C=O) groups excluding carboxylic acids is 1. The number of hydrogen-bond donors (Lipinski definition) is 1. The first-order valence-electron chi connectivity index (χ1n) is 11.4. The number of carbonyl (C=O) groups is 1. The highest BCUT2D eigenvalue weighted by molar-refractivity contribution is 5.97. The average Bonchev–Trinajstić information content (AvgIpc) is 2.84. The number of pyridine rings is 2. The van der Waals surface area contributed by atoms with Gasteiger partial charge < -0.3 is 9.47 Å². The summed E-state index contributed by atoms with van der Waals surface area (Å²) in [6.07, 6.45) is 3.57. The van der Waals surface area contributed by atoms with Crippen LogP contribution in [0.25, 0.3) is 16.7 Å². The van der Waals surface area contributed by atoms with E-state index < -0.39 is 0 Å². The quantitative estimate of drug-likeness (QED) is 0.493. The zero-order valence-corrected chi connectivity index (χ0v) is 18.9. The van der Waals surface area contributed by atoms with E-state index in [-0.39, 0.29) is 28.6 Å². The van der Waals surface area contributed by atoms with Gasteiger partial charge in [0.25, 0.3) is 11.5 Å². The van der Waals surface area contributed by atoms with Gasteiger partial charge in [-0.2, -0.15) is 0 Å². The van der Waals surface area contributed by atoms with Gasteiger partial charge in [0, 0.05) is 19.3 Å². The van der Waals surface area contributed by atoms with Crippen LogP contribution in [-0.4, -0.2) is 37.8 Å². The van der Waals surface area contributed by atoms with Crippen LogP contribution in [0.1, 0.15) is 48.7 Å². The Hall–Kier alpha value is -3.74. The molecule has 1 saturated heterocycles. The molecular formula is C26H27N5O2. The fourth-order valence-corrected chi connectivity index (χ4v) is 4.65. The van der Waals surface area contributed by atoms with Crippen molar-refractivity contribution in [1.29, 1.82) is 5.41 Å². The molecule has 1 atom stereocenters. The Balaban J connectivity index is 1.78. The number of piperidine rings is 1. The maximum Gasteiger partial charge on any atom is 0.267 e. The van der Waals surface area contributed by atoms with E-state index >= 15 is 0 Å². The monoisotopic (exact) mass is 441 g/mol. The van der Waals surface area contributed by atoms with Crippen LogP contribution in [0.5, 0.6) is 0 Å². The molecule has 1 aliphatic heterocycles. The lowest BCUT2D eigenvalue weighted by molar-refractivity contribution is 0.0694. The summed E-state index contributed by atoms with van der Waals surface area (Å²) in [6.45, 7) is 5.50. The largest absolute Gasteiger partial charge is 0.339 e. The lowest BCUT2D eigenvalue weighted by atomic mass is 9.98. The first kappa shape index (κ1) is 21.1. The fraction of sp³-hybridized carbons (Fsp3) is 0.308. The van der Waals surface area contributed by atoms with Gasteiger partial charge in [0.05, 0.1) is 17.0 Å². The second-order valence-corrected chi connectivity index (χ2v) is 8.92. The molecule has 1 amide bonds. The number of nitrogens with one attached hydrogen (secondary N) is 1. The van der Waals surface area contributed by atoms with Crippen LogP contribution in [0, 0.1) is 11.3 Å². The Kier molecular flexibility index (Phi) is 5.32. The third kappa shape index (κ3) is 3.63. The second-order valence-electron chi connectivity index (χ2n) is 8.92. The number of benzene rings is 1. The van der Waals surface area contributed by atoms with E-state index in [9.17, 15) is 9.59 Å². The summed E-state index contributed by atoms with van der Waals surface area (Å²) in [7, 11) is 0. The molecule has 1 aromatic carbocycles. The summed E-state index contributed by atoms with van der Waals surface area (Å²) in [4.78, 5) is 33.5. The highest BCUT2D eigenvalue weighted by Gasteiger charge is 2.26. The maximum atomic E-state index is 13.5. The lowest BCUT2D eigenvalue weighted by Crippen LogP contribution is -2.42. The van der Waals surface area contributed by atoms with E-state index in [0.29, 0.717) is 35.7 Å². The van der Waals surface area contributed by atoms with E-state index in [1.54, 1.807) is 29.0 Å². The molecule has 4 aromatic rings. The van der Waals surface area contributed by atoms with Crippen molar-refractivity contribution >= 4 is 22.6 Å². The van der Waals surface area contributed by atoms with Crippen molar-refractivity contribution in [2.24, 2.45) is 5.92 Å². The van der Waals surface area contributed by atoms with Gasteiger partial charge in [-0.25, -0.2) is 4.98 Å². The van der Waals surface area contributed by atoms with Gasteiger partial charge in [0.2, 0.25) is 0 Å². The Morgan fingerprint density at radius 3 is 2.52 bits per heavy atom. The number of fused-ring (bicyclic) bond motifs is 2. The summed E-state index contributed by atoms with van der Waals surface area (Å²) in [5, 5.41) is 9.38. The normalized spacial score (nSPS) is 15.8. The topological polar surface area (TPSA) is 83.5 Å². The number of rotatable bonds is 3. The third-order valence-electron chi connectivity index (χ3n) is 6.73. The van der Waals surface area contributed by atoms with E-state index in [1.165, 1.54) is 4.40 Å². The second kappa shape index (κ2) is 8.31. The number of amides is 1. The molecule has 0 spiro atoms. The number of nitrogens with zero attached hydrogens (tertiary/aromatic N) is 4. The van der Waals surface area contributed by atoms with Crippen LogP contribution in [-0.2, 0) is 0 Å². The first-order valence-corrected chi connectivity index (χ1v) is 11.4. The molecule has 0 aliphatic carbocycles. The summed E-state index contributed by atoms with van der Waals surface area (Å²) in [5.74, 6) is 0.393.